The van der Waals surface area contributed by atoms with Gasteiger partial charge in [-0.25, -0.2) is 4.79 Å². The maximum Gasteiger partial charge on any atom is 0.407 e. The van der Waals surface area contributed by atoms with E-state index in [1.807, 2.05) is 20.8 Å². The minimum atomic E-state index is -0.462. The molecule has 0 saturated heterocycles. The van der Waals surface area contributed by atoms with E-state index >= 15 is 0 Å². The van der Waals surface area contributed by atoms with E-state index < -0.39 is 5.60 Å². The Bertz CT molecular complexity index is 507. The van der Waals surface area contributed by atoms with Crippen molar-refractivity contribution in [3.63, 3.8) is 0 Å². The van der Waals surface area contributed by atoms with Crippen LogP contribution in [0.15, 0.2) is 18.2 Å². The van der Waals surface area contributed by atoms with Crippen molar-refractivity contribution in [2.45, 2.75) is 72.6 Å². The van der Waals surface area contributed by atoms with E-state index in [-0.39, 0.29) is 12.1 Å². The summed E-state index contributed by atoms with van der Waals surface area (Å²) in [6.45, 7) is 13.4. The van der Waals surface area contributed by atoms with Crippen LogP contribution in [0.25, 0.3) is 0 Å². The zero-order valence-electron chi connectivity index (χ0n) is 15.5. The number of hydrogen-bond donors (Lipinski definition) is 2. The minimum Gasteiger partial charge on any atom is -0.444 e. The van der Waals surface area contributed by atoms with Crippen LogP contribution in [0.4, 0.5) is 4.79 Å². The summed E-state index contributed by atoms with van der Waals surface area (Å²) in [7, 11) is 0. The fourth-order valence-corrected chi connectivity index (χ4v) is 2.40. The van der Waals surface area contributed by atoms with Crippen molar-refractivity contribution in [1.29, 1.82) is 0 Å². The average molecular weight is 320 g/mol. The van der Waals surface area contributed by atoms with Gasteiger partial charge < -0.3 is 15.4 Å². The van der Waals surface area contributed by atoms with Crippen LogP contribution >= 0.6 is 0 Å². The van der Waals surface area contributed by atoms with Gasteiger partial charge in [0.05, 0.1) is 0 Å². The zero-order valence-corrected chi connectivity index (χ0v) is 15.5. The Kier molecular flexibility index (Phi) is 7.56. The lowest BCUT2D eigenvalue weighted by Crippen LogP contribution is -2.42. The lowest BCUT2D eigenvalue weighted by molar-refractivity contribution is 0.0521. The maximum absolute atomic E-state index is 11.8. The second kappa shape index (κ2) is 8.92. The number of rotatable bonds is 7. The van der Waals surface area contributed by atoms with Crippen molar-refractivity contribution in [2.75, 3.05) is 6.54 Å². The third-order valence-electron chi connectivity index (χ3n) is 3.83. The third-order valence-corrected chi connectivity index (χ3v) is 3.83. The molecule has 23 heavy (non-hydrogen) atoms. The van der Waals surface area contributed by atoms with Crippen LogP contribution in [0.2, 0.25) is 0 Å². The maximum atomic E-state index is 11.8. The summed E-state index contributed by atoms with van der Waals surface area (Å²) in [5.41, 5.74) is 3.48. The number of ether oxygens (including phenoxy) is 1. The van der Waals surface area contributed by atoms with Gasteiger partial charge in [-0.05, 0) is 57.7 Å². The molecule has 0 radical (unpaired) electrons. The molecule has 4 heteroatoms. The Morgan fingerprint density at radius 1 is 1.26 bits per heavy atom. The van der Waals surface area contributed by atoms with Gasteiger partial charge >= 0.3 is 6.09 Å². The summed E-state index contributed by atoms with van der Waals surface area (Å²) in [4.78, 5) is 11.8. The van der Waals surface area contributed by atoms with Crippen molar-refractivity contribution >= 4 is 6.09 Å². The molecule has 0 fully saturated rings. The number of hydrogen-bond acceptors (Lipinski definition) is 3. The van der Waals surface area contributed by atoms with E-state index in [1.54, 1.807) is 0 Å². The Morgan fingerprint density at radius 3 is 2.57 bits per heavy atom. The van der Waals surface area contributed by atoms with Crippen molar-refractivity contribution in [3.05, 3.63) is 34.9 Å². The Hall–Kier alpha value is -1.55. The molecule has 2 N–H and O–H groups in total. The number of benzene rings is 1. The molecule has 0 aromatic heterocycles. The molecule has 0 aliphatic heterocycles. The van der Waals surface area contributed by atoms with Gasteiger partial charge in [0.25, 0.3) is 0 Å². The number of carbonyl (C=O) groups excluding carboxylic acids is 1. The molecule has 0 bridgehead atoms. The van der Waals surface area contributed by atoms with Gasteiger partial charge in [-0.2, -0.15) is 0 Å². The van der Waals surface area contributed by atoms with Crippen LogP contribution in [0.5, 0.6) is 0 Å². The third kappa shape index (κ3) is 7.51. The molecule has 1 rings (SSSR count). The Morgan fingerprint density at radius 2 is 1.96 bits per heavy atom. The first-order chi connectivity index (χ1) is 10.7. The number of nitrogens with one attached hydrogen (secondary N) is 2. The Labute approximate surface area is 141 Å². The standard InChI is InChI=1S/C19H32N2O2/c1-7-9-17(13-21-18(22)23-19(4,5)6)20-12-16-11-8-10-14(2)15(16)3/h8,10-11,17,20H,7,9,12-13H2,1-6H3,(H,21,22). The summed E-state index contributed by atoms with van der Waals surface area (Å²) in [5.74, 6) is 0. The van der Waals surface area contributed by atoms with E-state index in [2.05, 4.69) is 49.6 Å². The quantitative estimate of drug-likeness (QED) is 0.795. The van der Waals surface area contributed by atoms with E-state index in [0.717, 1.165) is 19.4 Å². The van der Waals surface area contributed by atoms with Crippen molar-refractivity contribution in [3.8, 4) is 0 Å². The molecule has 0 saturated carbocycles. The van der Waals surface area contributed by atoms with Gasteiger partial charge in [-0.1, -0.05) is 31.5 Å². The molecular weight excluding hydrogens is 288 g/mol. The molecule has 0 aliphatic carbocycles. The summed E-state index contributed by atoms with van der Waals surface area (Å²) in [5, 5.41) is 6.42. The number of amides is 1. The summed E-state index contributed by atoms with van der Waals surface area (Å²) >= 11 is 0. The first-order valence-corrected chi connectivity index (χ1v) is 8.48. The normalized spacial score (nSPS) is 12.8. The highest BCUT2D eigenvalue weighted by Crippen LogP contribution is 2.13. The molecule has 1 atom stereocenters. The van der Waals surface area contributed by atoms with Gasteiger partial charge in [-0.3, -0.25) is 0 Å². The summed E-state index contributed by atoms with van der Waals surface area (Å²) < 4.78 is 5.29. The Balaban J connectivity index is 2.52. The smallest absolute Gasteiger partial charge is 0.407 e. The number of aryl methyl sites for hydroxylation is 1. The van der Waals surface area contributed by atoms with Crippen molar-refractivity contribution in [2.24, 2.45) is 0 Å². The molecule has 4 nitrogen and oxygen atoms in total. The molecule has 1 aromatic carbocycles. The predicted molar refractivity (Wildman–Crippen MR) is 95.7 cm³/mol. The molecule has 1 amide bonds. The fourth-order valence-electron chi connectivity index (χ4n) is 2.40. The van der Waals surface area contributed by atoms with Gasteiger partial charge in [0, 0.05) is 19.1 Å². The highest BCUT2D eigenvalue weighted by atomic mass is 16.6. The monoisotopic (exact) mass is 320 g/mol. The zero-order chi connectivity index (χ0) is 17.5. The number of carbonyl (C=O) groups is 1. The van der Waals surface area contributed by atoms with Gasteiger partial charge in [-0.15, -0.1) is 0 Å². The predicted octanol–water partition coefficient (Wildman–Crippen LogP) is 4.09. The minimum absolute atomic E-state index is 0.243. The first kappa shape index (κ1) is 19.5. The average Bonchev–Trinajstić information content (AvgIpc) is 2.44. The van der Waals surface area contributed by atoms with Gasteiger partial charge in [0.1, 0.15) is 5.60 Å². The molecular formula is C19H32N2O2. The van der Waals surface area contributed by atoms with Crippen LogP contribution in [-0.2, 0) is 11.3 Å². The molecule has 0 aliphatic rings. The van der Waals surface area contributed by atoms with Crippen LogP contribution in [-0.4, -0.2) is 24.3 Å². The van der Waals surface area contributed by atoms with Crippen LogP contribution in [0.1, 0.15) is 57.2 Å². The van der Waals surface area contributed by atoms with Crippen LogP contribution in [0.3, 0.4) is 0 Å². The van der Waals surface area contributed by atoms with Crippen LogP contribution in [0, 0.1) is 13.8 Å². The summed E-state index contributed by atoms with van der Waals surface area (Å²) in [6.07, 6.45) is 1.73. The lowest BCUT2D eigenvalue weighted by Gasteiger charge is -2.23. The SMILES string of the molecule is CCCC(CNC(=O)OC(C)(C)C)NCc1cccc(C)c1C. The van der Waals surface area contributed by atoms with Crippen LogP contribution < -0.4 is 10.6 Å². The van der Waals surface area contributed by atoms with E-state index in [9.17, 15) is 4.79 Å². The summed E-state index contributed by atoms with van der Waals surface area (Å²) in [6, 6.07) is 6.62. The molecule has 1 aromatic rings. The topological polar surface area (TPSA) is 50.4 Å². The first-order valence-electron chi connectivity index (χ1n) is 8.48. The molecule has 0 heterocycles. The second-order valence-electron chi connectivity index (χ2n) is 7.11. The largest absolute Gasteiger partial charge is 0.444 e. The van der Waals surface area contributed by atoms with Crippen molar-refractivity contribution in [1.82, 2.24) is 10.6 Å². The highest BCUT2D eigenvalue weighted by Gasteiger charge is 2.17. The molecule has 130 valence electrons. The highest BCUT2D eigenvalue weighted by molar-refractivity contribution is 5.67. The fraction of sp³-hybridized carbons (Fsp3) is 0.632. The second-order valence-corrected chi connectivity index (χ2v) is 7.11. The lowest BCUT2D eigenvalue weighted by atomic mass is 10.0. The van der Waals surface area contributed by atoms with E-state index in [0.29, 0.717) is 6.54 Å². The molecule has 1 unspecified atom stereocenters. The number of alkyl carbamates (subject to hydrolysis) is 1. The van der Waals surface area contributed by atoms with Gasteiger partial charge in [0.2, 0.25) is 0 Å². The van der Waals surface area contributed by atoms with Crippen molar-refractivity contribution < 1.29 is 9.53 Å². The van der Waals surface area contributed by atoms with Gasteiger partial charge in [0.15, 0.2) is 0 Å². The van der Waals surface area contributed by atoms with E-state index in [1.165, 1.54) is 16.7 Å². The van der Waals surface area contributed by atoms with E-state index in [4.69, 9.17) is 4.74 Å². The molecule has 0 spiro atoms.